The fraction of sp³-hybridized carbons (Fsp3) is 0. The van der Waals surface area contributed by atoms with E-state index in [4.69, 9.17) is 8.23 Å². The summed E-state index contributed by atoms with van der Waals surface area (Å²) in [6.07, 6.45) is 0. The molecule has 0 aromatic heterocycles. The summed E-state index contributed by atoms with van der Waals surface area (Å²) in [4.78, 5) is 0. The van der Waals surface area contributed by atoms with E-state index in [-0.39, 0.29) is 0 Å². The second-order valence-electron chi connectivity index (χ2n) is 6.47. The van der Waals surface area contributed by atoms with Crippen molar-refractivity contribution in [2.24, 2.45) is 0 Å². The highest BCUT2D eigenvalue weighted by atomic mass is 28.5. The third-order valence-electron chi connectivity index (χ3n) is 4.89. The molecular weight excluding hydrogens is 405 g/mol. The number of benzene rings is 2. The van der Waals surface area contributed by atoms with Gasteiger partial charge in [0.15, 0.2) is 0 Å². The van der Waals surface area contributed by atoms with Crippen molar-refractivity contribution in [1.29, 1.82) is 0 Å². The highest BCUT2D eigenvalue weighted by molar-refractivity contribution is 7.06. The molecule has 2 nitrogen and oxygen atoms in total. The molecule has 0 heterocycles. The highest BCUT2D eigenvalue weighted by Gasteiger charge is 2.47. The molecule has 2 rings (SSSR count). The molecule has 0 spiro atoms. The summed E-state index contributed by atoms with van der Waals surface area (Å²) in [5.74, 6) is 0. The molecule has 0 aliphatic heterocycles. The second-order valence-corrected chi connectivity index (χ2v) is 16.3. The zero-order valence-electron chi connectivity index (χ0n) is 16.8. The molecule has 5 heteroatoms. The minimum absolute atomic E-state index is 1.04. The van der Waals surface area contributed by atoms with Crippen LogP contribution in [0.3, 0.4) is 0 Å². The first-order valence-corrected chi connectivity index (χ1v) is 15.4. The van der Waals surface area contributed by atoms with Crippen LogP contribution in [0.25, 0.3) is 0 Å². The van der Waals surface area contributed by atoms with Gasteiger partial charge in [-0.2, -0.15) is 0 Å². The Hall–Kier alpha value is -2.55. The van der Waals surface area contributed by atoms with Crippen molar-refractivity contribution >= 4 is 35.6 Å². The molecule has 2 aromatic carbocycles. The zero-order valence-corrected chi connectivity index (χ0v) is 19.8. The summed E-state index contributed by atoms with van der Waals surface area (Å²) in [6, 6.07) is 20.0. The fourth-order valence-corrected chi connectivity index (χ4v) is 14.4. The van der Waals surface area contributed by atoms with Crippen LogP contribution in [0, 0.1) is 0 Å². The van der Waals surface area contributed by atoms with E-state index in [1.165, 1.54) is 0 Å². The Balaban J connectivity index is 2.57. The molecule has 0 bridgehead atoms. The molecule has 0 amide bonds. The van der Waals surface area contributed by atoms with Gasteiger partial charge in [-0.25, -0.2) is 0 Å². The van der Waals surface area contributed by atoms with Crippen LogP contribution in [0.15, 0.2) is 134 Å². The summed E-state index contributed by atoms with van der Waals surface area (Å²) in [6.45, 7) is 24.3. The summed E-state index contributed by atoms with van der Waals surface area (Å²) < 4.78 is 13.6. The van der Waals surface area contributed by atoms with Gasteiger partial charge in [0.1, 0.15) is 0 Å². The van der Waals surface area contributed by atoms with Crippen molar-refractivity contribution in [3.05, 3.63) is 134 Å². The molecule has 0 N–H and O–H groups in total. The maximum atomic E-state index is 6.81. The van der Waals surface area contributed by atoms with Gasteiger partial charge in [-0.1, -0.05) is 83.5 Å². The standard InChI is InChI=1S/C24H28O2Si3/c1-7-27(8-2,23-19-15-13-16-20-23)25-29(11-5,12-6)26-28(9-3,10-4)24-21-17-14-18-22-24/h7-22H,1-6H2. The van der Waals surface area contributed by atoms with Crippen LogP contribution in [0.2, 0.25) is 0 Å². The van der Waals surface area contributed by atoms with Crippen molar-refractivity contribution in [2.45, 2.75) is 0 Å². The summed E-state index contributed by atoms with van der Waals surface area (Å²) in [5, 5.41) is 2.08. The largest absolute Gasteiger partial charge is 0.420 e. The maximum Gasteiger partial charge on any atom is 0.371 e. The van der Waals surface area contributed by atoms with Gasteiger partial charge < -0.3 is 8.23 Å². The third-order valence-corrected chi connectivity index (χ3v) is 16.2. The van der Waals surface area contributed by atoms with Crippen molar-refractivity contribution < 1.29 is 8.23 Å². The van der Waals surface area contributed by atoms with Crippen LogP contribution < -0.4 is 10.4 Å². The molecule has 0 aliphatic carbocycles. The van der Waals surface area contributed by atoms with E-state index in [1.807, 2.05) is 83.5 Å². The molecule has 0 aliphatic rings. The van der Waals surface area contributed by atoms with E-state index >= 15 is 0 Å². The van der Waals surface area contributed by atoms with E-state index in [0.29, 0.717) is 0 Å². The van der Waals surface area contributed by atoms with Gasteiger partial charge in [0.2, 0.25) is 0 Å². The van der Waals surface area contributed by atoms with Crippen LogP contribution >= 0.6 is 0 Å². The SMILES string of the molecule is C=C[Si](C=C)(O[Si](C=C)(C=C)c1ccccc1)O[Si](C=C)(C=C)c1ccccc1. The van der Waals surface area contributed by atoms with Crippen molar-refractivity contribution in [2.75, 3.05) is 0 Å². The lowest BCUT2D eigenvalue weighted by molar-refractivity contribution is 0.425. The van der Waals surface area contributed by atoms with Crippen LogP contribution in [0.1, 0.15) is 0 Å². The van der Waals surface area contributed by atoms with E-state index in [0.717, 1.165) is 10.4 Å². The normalized spacial score (nSPS) is 11.9. The first kappa shape index (κ1) is 22.7. The molecule has 0 radical (unpaired) electrons. The lowest BCUT2D eigenvalue weighted by atomic mass is 10.4. The molecule has 148 valence electrons. The predicted molar refractivity (Wildman–Crippen MR) is 133 cm³/mol. The van der Waals surface area contributed by atoms with Gasteiger partial charge in [-0.15, -0.1) is 39.5 Å². The zero-order chi connectivity index (χ0) is 21.4. The van der Waals surface area contributed by atoms with Gasteiger partial charge >= 0.3 is 8.56 Å². The van der Waals surface area contributed by atoms with Gasteiger partial charge in [0.25, 0.3) is 16.6 Å². The molecule has 0 unspecified atom stereocenters. The van der Waals surface area contributed by atoms with Crippen LogP contribution in [0.4, 0.5) is 0 Å². The van der Waals surface area contributed by atoms with Crippen molar-refractivity contribution in [3.8, 4) is 0 Å². The van der Waals surface area contributed by atoms with Crippen LogP contribution in [0.5, 0.6) is 0 Å². The van der Waals surface area contributed by atoms with E-state index < -0.39 is 25.2 Å². The van der Waals surface area contributed by atoms with E-state index in [2.05, 4.69) is 39.5 Å². The summed E-state index contributed by atoms with van der Waals surface area (Å²) in [5.41, 5.74) is 11.0. The number of rotatable bonds is 12. The monoisotopic (exact) mass is 432 g/mol. The maximum absolute atomic E-state index is 6.81. The van der Waals surface area contributed by atoms with Gasteiger partial charge in [-0.05, 0) is 21.8 Å². The Bertz CT molecular complexity index is 799. The average Bonchev–Trinajstić information content (AvgIpc) is 2.81. The quantitative estimate of drug-likeness (QED) is 0.459. The third kappa shape index (κ3) is 4.55. The van der Waals surface area contributed by atoms with Crippen LogP contribution in [-0.4, -0.2) is 25.2 Å². The molecule has 0 saturated carbocycles. The lowest BCUT2D eigenvalue weighted by Gasteiger charge is -2.40. The summed E-state index contributed by atoms with van der Waals surface area (Å²) >= 11 is 0. The molecule has 0 fully saturated rings. The second kappa shape index (κ2) is 9.78. The molecule has 29 heavy (non-hydrogen) atoms. The lowest BCUT2D eigenvalue weighted by Crippen LogP contribution is -2.62. The highest BCUT2D eigenvalue weighted by Crippen LogP contribution is 2.25. The first-order valence-electron chi connectivity index (χ1n) is 9.32. The van der Waals surface area contributed by atoms with E-state index in [9.17, 15) is 0 Å². The Morgan fingerprint density at radius 1 is 0.483 bits per heavy atom. The summed E-state index contributed by atoms with van der Waals surface area (Å²) in [7, 11) is -8.59. The fourth-order valence-electron chi connectivity index (χ4n) is 3.12. The Kier molecular flexibility index (Phi) is 7.66. The Labute approximate surface area is 178 Å². The predicted octanol–water partition coefficient (Wildman–Crippen LogP) is 4.52. The Morgan fingerprint density at radius 3 is 1.03 bits per heavy atom. The number of hydrogen-bond donors (Lipinski definition) is 0. The molecule has 2 aromatic rings. The topological polar surface area (TPSA) is 18.5 Å². The minimum Gasteiger partial charge on any atom is -0.420 e. The van der Waals surface area contributed by atoms with Gasteiger partial charge in [-0.3, -0.25) is 0 Å². The van der Waals surface area contributed by atoms with E-state index in [1.54, 1.807) is 11.4 Å². The van der Waals surface area contributed by atoms with Crippen LogP contribution in [-0.2, 0) is 8.23 Å². The number of hydrogen-bond acceptors (Lipinski definition) is 2. The minimum atomic E-state index is -3.10. The van der Waals surface area contributed by atoms with Gasteiger partial charge in [0, 0.05) is 0 Å². The first-order chi connectivity index (χ1) is 14.0. The van der Waals surface area contributed by atoms with Gasteiger partial charge in [0.05, 0.1) is 0 Å². The van der Waals surface area contributed by atoms with Crippen molar-refractivity contribution in [3.63, 3.8) is 0 Å². The molecular formula is C24H28O2Si3. The Morgan fingerprint density at radius 2 is 0.793 bits per heavy atom. The van der Waals surface area contributed by atoms with Crippen molar-refractivity contribution in [1.82, 2.24) is 0 Å². The smallest absolute Gasteiger partial charge is 0.371 e. The average molecular weight is 433 g/mol. The molecule has 0 saturated heterocycles. The molecule has 0 atom stereocenters.